The summed E-state index contributed by atoms with van der Waals surface area (Å²) in [5, 5.41) is 7.91. The van der Waals surface area contributed by atoms with Crippen molar-refractivity contribution in [3.8, 4) is 5.69 Å². The lowest BCUT2D eigenvalue weighted by Crippen LogP contribution is -2.24. The average molecular weight is 423 g/mol. The molecule has 29 heavy (non-hydrogen) atoms. The van der Waals surface area contributed by atoms with Crippen LogP contribution in [-0.4, -0.2) is 34.3 Å². The van der Waals surface area contributed by atoms with Gasteiger partial charge in [0.1, 0.15) is 0 Å². The fourth-order valence-corrected chi connectivity index (χ4v) is 4.22. The van der Waals surface area contributed by atoms with Gasteiger partial charge in [0.2, 0.25) is 21.8 Å². The second-order valence-corrected chi connectivity index (χ2v) is 8.71. The Balaban J connectivity index is 1.38. The predicted octanol–water partition coefficient (Wildman–Crippen LogP) is 3.03. The molecular weight excluding hydrogens is 404 g/mol. The molecule has 1 aromatic carbocycles. The van der Waals surface area contributed by atoms with Crippen LogP contribution in [0.3, 0.4) is 0 Å². The lowest BCUT2D eigenvalue weighted by atomic mass is 9.86. The Hall–Kier alpha value is -2.66. The number of sulfonamides is 1. The molecule has 8 nitrogen and oxygen atoms in total. The Morgan fingerprint density at radius 1 is 1.21 bits per heavy atom. The smallest absolute Gasteiger partial charge is 0.248 e. The Morgan fingerprint density at radius 2 is 1.93 bits per heavy atom. The maximum absolute atomic E-state index is 13.3. The normalized spacial score (nSPS) is 17.4. The fourth-order valence-electron chi connectivity index (χ4n) is 3.24. The molecule has 0 radical (unpaired) electrons. The third-order valence-electron chi connectivity index (χ3n) is 4.90. The number of aromatic nitrogens is 4. The van der Waals surface area contributed by atoms with Crippen LogP contribution in [0.5, 0.6) is 0 Å². The second-order valence-electron chi connectivity index (χ2n) is 6.95. The Bertz CT molecular complexity index is 1060. The van der Waals surface area contributed by atoms with E-state index < -0.39 is 15.9 Å². The van der Waals surface area contributed by atoms with Gasteiger partial charge in [0.15, 0.2) is 5.82 Å². The highest BCUT2D eigenvalue weighted by atomic mass is 32.2. The summed E-state index contributed by atoms with van der Waals surface area (Å²) in [5.74, 6) is -2.39. The molecule has 154 valence electrons. The Morgan fingerprint density at radius 3 is 2.59 bits per heavy atom. The van der Waals surface area contributed by atoms with E-state index in [-0.39, 0.29) is 48.9 Å². The third kappa shape index (κ3) is 4.51. The lowest BCUT2D eigenvalue weighted by Gasteiger charge is -2.26. The molecule has 1 aliphatic rings. The summed E-state index contributed by atoms with van der Waals surface area (Å²) in [6, 6.07) is 8.00. The molecule has 1 N–H and O–H groups in total. The van der Waals surface area contributed by atoms with Crippen LogP contribution in [0.15, 0.2) is 52.1 Å². The first kappa shape index (κ1) is 19.6. The molecule has 0 aliphatic heterocycles. The lowest BCUT2D eigenvalue weighted by molar-refractivity contribution is -0.0389. The van der Waals surface area contributed by atoms with Gasteiger partial charge in [-0.2, -0.15) is 10.1 Å². The van der Waals surface area contributed by atoms with E-state index in [1.54, 1.807) is 35.3 Å². The number of benzene rings is 1. The SMILES string of the molecule is O=S(=O)(NCc1nc(C2CCC(F)(F)CC2)no1)c1ccc(-n2cccn2)cc1. The summed E-state index contributed by atoms with van der Waals surface area (Å²) < 4.78 is 60.6. The van der Waals surface area contributed by atoms with Gasteiger partial charge in [-0.3, -0.25) is 0 Å². The maximum Gasteiger partial charge on any atom is 0.248 e. The topological polar surface area (TPSA) is 103 Å². The van der Waals surface area contributed by atoms with Crippen molar-refractivity contribution in [3.05, 3.63) is 54.4 Å². The number of hydrogen-bond acceptors (Lipinski definition) is 6. The number of alkyl halides is 2. The molecule has 1 saturated carbocycles. The molecule has 11 heteroatoms. The van der Waals surface area contributed by atoms with Gasteiger partial charge >= 0.3 is 0 Å². The molecular formula is C18H19F2N5O3S. The first-order chi connectivity index (χ1) is 13.8. The second kappa shape index (κ2) is 7.64. The first-order valence-corrected chi connectivity index (χ1v) is 10.6. The molecule has 0 bridgehead atoms. The fraction of sp³-hybridized carbons (Fsp3) is 0.389. The minimum Gasteiger partial charge on any atom is -0.338 e. The van der Waals surface area contributed by atoms with Crippen molar-refractivity contribution in [1.29, 1.82) is 0 Å². The molecule has 2 heterocycles. The van der Waals surface area contributed by atoms with Gasteiger partial charge in [-0.25, -0.2) is 26.6 Å². The summed E-state index contributed by atoms with van der Waals surface area (Å²) in [6.07, 6.45) is 3.53. The van der Waals surface area contributed by atoms with Crippen LogP contribution >= 0.6 is 0 Å². The summed E-state index contributed by atoms with van der Waals surface area (Å²) >= 11 is 0. The highest BCUT2D eigenvalue weighted by Crippen LogP contribution is 2.39. The number of nitrogens with zero attached hydrogens (tertiary/aromatic N) is 4. The van der Waals surface area contributed by atoms with Crippen molar-refractivity contribution >= 4 is 10.0 Å². The highest BCUT2D eigenvalue weighted by molar-refractivity contribution is 7.89. The number of hydrogen-bond donors (Lipinski definition) is 1. The van der Waals surface area contributed by atoms with Gasteiger partial charge in [0.05, 0.1) is 17.1 Å². The standard InChI is InChI=1S/C18H19F2N5O3S/c19-18(20)8-6-13(7-9-18)17-23-16(28-24-17)12-22-29(26,27)15-4-2-14(3-5-15)25-11-1-10-21-25/h1-5,10-11,13,22H,6-9,12H2. The highest BCUT2D eigenvalue weighted by Gasteiger charge is 2.37. The van der Waals surface area contributed by atoms with Crippen molar-refractivity contribution < 1.29 is 21.7 Å². The van der Waals surface area contributed by atoms with E-state index in [0.29, 0.717) is 5.82 Å². The minimum atomic E-state index is -3.78. The summed E-state index contributed by atoms with van der Waals surface area (Å²) in [4.78, 5) is 4.25. The number of nitrogens with one attached hydrogen (secondary N) is 1. The van der Waals surface area contributed by atoms with Crippen molar-refractivity contribution in [2.24, 2.45) is 0 Å². The molecule has 3 aromatic rings. The van der Waals surface area contributed by atoms with Gasteiger partial charge in [-0.15, -0.1) is 0 Å². The molecule has 1 aliphatic carbocycles. The van der Waals surface area contributed by atoms with Crippen LogP contribution in [0.4, 0.5) is 8.78 Å². The van der Waals surface area contributed by atoms with E-state index in [1.165, 1.54) is 12.1 Å². The Kier molecular flexibility index (Phi) is 5.17. The molecule has 0 unspecified atom stereocenters. The number of halogens is 2. The van der Waals surface area contributed by atoms with E-state index in [2.05, 4.69) is 20.0 Å². The van der Waals surface area contributed by atoms with Crippen molar-refractivity contribution in [1.82, 2.24) is 24.6 Å². The molecule has 2 aromatic heterocycles. The van der Waals surface area contributed by atoms with E-state index >= 15 is 0 Å². The Labute approximate surface area is 166 Å². The molecule has 4 rings (SSSR count). The monoisotopic (exact) mass is 423 g/mol. The molecule has 0 atom stereocenters. The van der Waals surface area contributed by atoms with Crippen LogP contribution in [0, 0.1) is 0 Å². The van der Waals surface area contributed by atoms with Gasteiger partial charge in [-0.05, 0) is 43.2 Å². The zero-order valence-electron chi connectivity index (χ0n) is 15.3. The van der Waals surface area contributed by atoms with Gasteiger partial charge in [0, 0.05) is 31.2 Å². The summed E-state index contributed by atoms with van der Waals surface area (Å²) in [5.41, 5.74) is 0.730. The average Bonchev–Trinajstić information content (AvgIpc) is 3.39. The van der Waals surface area contributed by atoms with E-state index in [0.717, 1.165) is 5.69 Å². The predicted molar refractivity (Wildman–Crippen MR) is 98.0 cm³/mol. The van der Waals surface area contributed by atoms with Crippen LogP contribution in [0.2, 0.25) is 0 Å². The molecule has 0 amide bonds. The minimum absolute atomic E-state index is 0.0858. The van der Waals surface area contributed by atoms with Crippen LogP contribution < -0.4 is 4.72 Å². The van der Waals surface area contributed by atoms with Gasteiger partial charge < -0.3 is 4.52 Å². The van der Waals surface area contributed by atoms with Gasteiger partial charge in [0.25, 0.3) is 0 Å². The largest absolute Gasteiger partial charge is 0.338 e. The summed E-state index contributed by atoms with van der Waals surface area (Å²) in [6.45, 7) is -0.181. The quantitative estimate of drug-likeness (QED) is 0.654. The van der Waals surface area contributed by atoms with E-state index in [1.807, 2.05) is 0 Å². The van der Waals surface area contributed by atoms with Crippen molar-refractivity contribution in [2.45, 2.75) is 49.0 Å². The first-order valence-electron chi connectivity index (χ1n) is 9.12. The molecule has 0 saturated heterocycles. The van der Waals surface area contributed by atoms with E-state index in [4.69, 9.17) is 4.52 Å². The van der Waals surface area contributed by atoms with Crippen LogP contribution in [-0.2, 0) is 16.6 Å². The van der Waals surface area contributed by atoms with Crippen LogP contribution in [0.1, 0.15) is 43.3 Å². The summed E-state index contributed by atoms with van der Waals surface area (Å²) in [7, 11) is -3.78. The zero-order valence-corrected chi connectivity index (χ0v) is 16.1. The van der Waals surface area contributed by atoms with Crippen molar-refractivity contribution in [3.63, 3.8) is 0 Å². The maximum atomic E-state index is 13.3. The molecule has 0 spiro atoms. The van der Waals surface area contributed by atoms with Gasteiger partial charge in [-0.1, -0.05) is 5.16 Å². The third-order valence-corrected chi connectivity index (χ3v) is 6.31. The number of rotatable bonds is 6. The zero-order chi connectivity index (χ0) is 20.5. The van der Waals surface area contributed by atoms with Crippen LogP contribution in [0.25, 0.3) is 5.69 Å². The van der Waals surface area contributed by atoms with Crippen molar-refractivity contribution in [2.75, 3.05) is 0 Å². The molecule has 1 fully saturated rings. The van der Waals surface area contributed by atoms with E-state index in [9.17, 15) is 17.2 Å².